The molecule has 2 heterocycles. The largest absolute Gasteiger partial charge is 0.475 e. The maximum absolute atomic E-state index is 10.5. The lowest BCUT2D eigenvalue weighted by Crippen LogP contribution is -2.02. The van der Waals surface area contributed by atoms with Gasteiger partial charge in [0.05, 0.1) is 11.1 Å². The van der Waals surface area contributed by atoms with E-state index in [1.165, 1.54) is 17.5 Å². The molecule has 6 heteroatoms. The number of fused-ring (bicyclic) bond motifs is 1. The van der Waals surface area contributed by atoms with Gasteiger partial charge in [-0.05, 0) is 0 Å². The third-order valence-electron chi connectivity index (χ3n) is 1.55. The van der Waals surface area contributed by atoms with Gasteiger partial charge in [-0.25, -0.2) is 14.8 Å². The standard InChI is InChI=1S/C7H5N3O2S/c8-4-2-13-6-3(4)1-9-5(10-6)7(11)12/h1-2H,8H2,(H,11,12). The minimum absolute atomic E-state index is 0.200. The van der Waals surface area contributed by atoms with Crippen LogP contribution in [0.5, 0.6) is 0 Å². The molecule has 0 aromatic carbocycles. The highest BCUT2D eigenvalue weighted by Gasteiger charge is 2.09. The number of carbonyl (C=O) groups is 1. The minimum atomic E-state index is -1.13. The summed E-state index contributed by atoms with van der Waals surface area (Å²) in [6, 6.07) is 0. The zero-order valence-corrected chi connectivity index (χ0v) is 7.21. The highest BCUT2D eigenvalue weighted by Crippen LogP contribution is 2.24. The number of nitrogens with two attached hydrogens (primary N) is 1. The van der Waals surface area contributed by atoms with Crippen LogP contribution in [0.3, 0.4) is 0 Å². The number of thiophene rings is 1. The van der Waals surface area contributed by atoms with Gasteiger partial charge in [0.25, 0.3) is 0 Å². The molecule has 0 aliphatic rings. The van der Waals surface area contributed by atoms with E-state index in [2.05, 4.69) is 9.97 Å². The molecular formula is C7H5N3O2S. The van der Waals surface area contributed by atoms with E-state index in [1.807, 2.05) is 0 Å². The fourth-order valence-corrected chi connectivity index (χ4v) is 1.74. The van der Waals surface area contributed by atoms with Gasteiger partial charge in [0, 0.05) is 11.6 Å². The smallest absolute Gasteiger partial charge is 0.373 e. The van der Waals surface area contributed by atoms with Crippen LogP contribution in [-0.2, 0) is 0 Å². The number of carboxylic acids is 1. The van der Waals surface area contributed by atoms with Crippen LogP contribution in [0, 0.1) is 0 Å². The predicted octanol–water partition coefficient (Wildman–Crippen LogP) is 0.972. The molecule has 0 amide bonds. The molecule has 0 spiro atoms. The van der Waals surface area contributed by atoms with Gasteiger partial charge in [-0.2, -0.15) is 0 Å². The van der Waals surface area contributed by atoms with Crippen molar-refractivity contribution < 1.29 is 9.90 Å². The van der Waals surface area contributed by atoms with Crippen LogP contribution in [0.4, 0.5) is 5.69 Å². The SMILES string of the molecule is Nc1csc2nc(C(=O)O)ncc12. The van der Waals surface area contributed by atoms with E-state index in [0.29, 0.717) is 15.9 Å². The van der Waals surface area contributed by atoms with Crippen molar-refractivity contribution in [2.24, 2.45) is 0 Å². The van der Waals surface area contributed by atoms with Crippen molar-refractivity contribution in [2.75, 3.05) is 5.73 Å². The molecule has 0 bridgehead atoms. The lowest BCUT2D eigenvalue weighted by atomic mass is 10.4. The Balaban J connectivity index is 2.70. The van der Waals surface area contributed by atoms with Crippen molar-refractivity contribution in [3.63, 3.8) is 0 Å². The molecule has 0 unspecified atom stereocenters. The molecule has 2 rings (SSSR count). The maximum atomic E-state index is 10.5. The fourth-order valence-electron chi connectivity index (χ4n) is 0.940. The molecular weight excluding hydrogens is 190 g/mol. The third-order valence-corrected chi connectivity index (χ3v) is 2.46. The molecule has 0 fully saturated rings. The van der Waals surface area contributed by atoms with E-state index in [-0.39, 0.29) is 5.82 Å². The molecule has 0 saturated heterocycles. The van der Waals surface area contributed by atoms with Crippen LogP contribution >= 0.6 is 11.3 Å². The second-order valence-corrected chi connectivity index (χ2v) is 3.27. The molecule has 0 radical (unpaired) electrons. The number of aromatic nitrogens is 2. The van der Waals surface area contributed by atoms with Gasteiger partial charge < -0.3 is 10.8 Å². The van der Waals surface area contributed by atoms with Crippen LogP contribution in [0.2, 0.25) is 0 Å². The molecule has 0 atom stereocenters. The second kappa shape index (κ2) is 2.67. The third kappa shape index (κ3) is 1.20. The van der Waals surface area contributed by atoms with Gasteiger partial charge in [-0.15, -0.1) is 11.3 Å². The van der Waals surface area contributed by atoms with E-state index in [4.69, 9.17) is 10.8 Å². The molecule has 0 aliphatic carbocycles. The highest BCUT2D eigenvalue weighted by molar-refractivity contribution is 7.17. The van der Waals surface area contributed by atoms with Gasteiger partial charge in [0.1, 0.15) is 4.83 Å². The molecule has 2 aromatic rings. The number of hydrogen-bond donors (Lipinski definition) is 2. The zero-order valence-electron chi connectivity index (χ0n) is 6.39. The van der Waals surface area contributed by atoms with Gasteiger partial charge in [-0.1, -0.05) is 0 Å². The Bertz CT molecular complexity index is 480. The van der Waals surface area contributed by atoms with Crippen LogP contribution in [0.25, 0.3) is 10.2 Å². The van der Waals surface area contributed by atoms with Crippen molar-refractivity contribution in [1.29, 1.82) is 0 Å². The van der Waals surface area contributed by atoms with Crippen molar-refractivity contribution >= 4 is 33.2 Å². The summed E-state index contributed by atoms with van der Waals surface area (Å²) >= 11 is 1.31. The van der Waals surface area contributed by atoms with Crippen LogP contribution in [-0.4, -0.2) is 21.0 Å². The number of carboxylic acid groups (broad SMARTS) is 1. The summed E-state index contributed by atoms with van der Waals surface area (Å²) in [6.45, 7) is 0. The topological polar surface area (TPSA) is 89.1 Å². The molecule has 66 valence electrons. The Morgan fingerprint density at radius 2 is 2.38 bits per heavy atom. The number of nitrogen functional groups attached to an aromatic ring is 1. The summed E-state index contributed by atoms with van der Waals surface area (Å²) in [5.74, 6) is -1.33. The number of aromatic carboxylic acids is 1. The fraction of sp³-hybridized carbons (Fsp3) is 0. The van der Waals surface area contributed by atoms with Gasteiger partial charge in [0.2, 0.25) is 5.82 Å². The monoisotopic (exact) mass is 195 g/mol. The number of anilines is 1. The molecule has 3 N–H and O–H groups in total. The van der Waals surface area contributed by atoms with Crippen molar-refractivity contribution in [3.8, 4) is 0 Å². The van der Waals surface area contributed by atoms with Gasteiger partial charge in [0.15, 0.2) is 0 Å². The van der Waals surface area contributed by atoms with Gasteiger partial charge in [-0.3, -0.25) is 0 Å². The molecule has 13 heavy (non-hydrogen) atoms. The Labute approximate surface area is 76.9 Å². The molecule has 0 saturated carbocycles. The Kier molecular flexibility index (Phi) is 1.63. The number of rotatable bonds is 1. The molecule has 5 nitrogen and oxygen atoms in total. The second-order valence-electron chi connectivity index (χ2n) is 2.41. The summed E-state index contributed by atoms with van der Waals surface area (Å²) in [4.78, 5) is 18.6. The Hall–Kier alpha value is -1.69. The van der Waals surface area contributed by atoms with Crippen LogP contribution in [0.1, 0.15) is 10.6 Å². The van der Waals surface area contributed by atoms with E-state index in [0.717, 1.165) is 0 Å². The summed E-state index contributed by atoms with van der Waals surface area (Å²) in [5.41, 5.74) is 6.17. The van der Waals surface area contributed by atoms with E-state index < -0.39 is 5.97 Å². The first-order chi connectivity index (χ1) is 6.18. The highest BCUT2D eigenvalue weighted by atomic mass is 32.1. The van der Waals surface area contributed by atoms with E-state index >= 15 is 0 Å². The van der Waals surface area contributed by atoms with Crippen molar-refractivity contribution in [3.05, 3.63) is 17.4 Å². The minimum Gasteiger partial charge on any atom is -0.475 e. The Morgan fingerprint density at radius 1 is 1.62 bits per heavy atom. The predicted molar refractivity (Wildman–Crippen MR) is 48.8 cm³/mol. The van der Waals surface area contributed by atoms with E-state index in [1.54, 1.807) is 5.38 Å². The quantitative estimate of drug-likeness (QED) is 0.707. The zero-order chi connectivity index (χ0) is 9.42. The first-order valence-corrected chi connectivity index (χ1v) is 4.29. The summed E-state index contributed by atoms with van der Waals surface area (Å²) in [5, 5.41) is 11.0. The molecule has 2 aromatic heterocycles. The number of hydrogen-bond acceptors (Lipinski definition) is 5. The average molecular weight is 195 g/mol. The lowest BCUT2D eigenvalue weighted by Gasteiger charge is -1.92. The number of nitrogens with zero attached hydrogens (tertiary/aromatic N) is 2. The van der Waals surface area contributed by atoms with Crippen molar-refractivity contribution in [2.45, 2.75) is 0 Å². The Morgan fingerprint density at radius 3 is 3.08 bits per heavy atom. The summed E-state index contributed by atoms with van der Waals surface area (Å²) in [6.07, 6.45) is 1.43. The summed E-state index contributed by atoms with van der Waals surface area (Å²) in [7, 11) is 0. The maximum Gasteiger partial charge on any atom is 0.373 e. The van der Waals surface area contributed by atoms with E-state index in [9.17, 15) is 4.79 Å². The summed E-state index contributed by atoms with van der Waals surface area (Å²) < 4.78 is 0. The normalized spacial score (nSPS) is 10.5. The first-order valence-electron chi connectivity index (χ1n) is 3.41. The van der Waals surface area contributed by atoms with Crippen LogP contribution in [0.15, 0.2) is 11.6 Å². The average Bonchev–Trinajstić information content (AvgIpc) is 2.47. The van der Waals surface area contributed by atoms with Crippen molar-refractivity contribution in [1.82, 2.24) is 9.97 Å². The van der Waals surface area contributed by atoms with Gasteiger partial charge >= 0.3 is 5.97 Å². The van der Waals surface area contributed by atoms with Crippen LogP contribution < -0.4 is 5.73 Å². The first kappa shape index (κ1) is 7.93. The molecule has 0 aliphatic heterocycles. The lowest BCUT2D eigenvalue weighted by molar-refractivity contribution is 0.0684.